The van der Waals surface area contributed by atoms with E-state index >= 15 is 0 Å². The van der Waals surface area contributed by atoms with E-state index in [1.807, 2.05) is 5.32 Å². The Morgan fingerprint density at radius 1 is 1.15 bits per heavy atom. The Hall–Kier alpha value is -2.38. The van der Waals surface area contributed by atoms with Crippen molar-refractivity contribution in [3.63, 3.8) is 0 Å². The summed E-state index contributed by atoms with van der Waals surface area (Å²) in [5, 5.41) is 15.4. The Labute approximate surface area is 115 Å². The Bertz CT molecular complexity index is 429. The zero-order valence-corrected chi connectivity index (χ0v) is 10.8. The fourth-order valence-electron chi connectivity index (χ4n) is 1.32. The van der Waals surface area contributed by atoms with E-state index < -0.39 is 17.9 Å². The fourth-order valence-corrected chi connectivity index (χ4v) is 1.32. The van der Waals surface area contributed by atoms with Gasteiger partial charge in [-0.15, -0.1) is 0 Å². The number of rotatable bonds is 7. The quantitative estimate of drug-likeness (QED) is 0.371. The molecular weight excluding hydrogens is 266 g/mol. The second kappa shape index (κ2) is 7.93. The lowest BCUT2D eigenvalue weighted by Gasteiger charge is -2.05. The number of nitrogens with one attached hydrogen (secondary N) is 3. The van der Waals surface area contributed by atoms with E-state index in [1.165, 1.54) is 0 Å². The van der Waals surface area contributed by atoms with Gasteiger partial charge in [0.2, 0.25) is 5.91 Å². The molecule has 1 aliphatic carbocycles. The molecule has 0 aromatic rings. The van der Waals surface area contributed by atoms with Gasteiger partial charge in [-0.1, -0.05) is 0 Å². The molecule has 8 nitrogen and oxygen atoms in total. The first-order valence-corrected chi connectivity index (χ1v) is 6.26. The molecule has 0 aromatic heterocycles. The number of amides is 4. The first kappa shape index (κ1) is 15.7. The van der Waals surface area contributed by atoms with Crippen LogP contribution in [0.25, 0.3) is 0 Å². The SMILES string of the molecule is O=C(O)C=CC(=O)NC(=O)NCCCC(=O)NC1CC1. The van der Waals surface area contributed by atoms with Crippen molar-refractivity contribution in [3.05, 3.63) is 12.2 Å². The van der Waals surface area contributed by atoms with Crippen LogP contribution < -0.4 is 16.0 Å². The number of carbonyl (C=O) groups is 4. The summed E-state index contributed by atoms with van der Waals surface area (Å²) in [7, 11) is 0. The van der Waals surface area contributed by atoms with Crippen LogP contribution in [0.1, 0.15) is 25.7 Å². The number of urea groups is 1. The molecule has 1 fully saturated rings. The van der Waals surface area contributed by atoms with Gasteiger partial charge in [-0.05, 0) is 19.3 Å². The second-order valence-corrected chi connectivity index (χ2v) is 4.36. The zero-order valence-electron chi connectivity index (χ0n) is 10.8. The van der Waals surface area contributed by atoms with Crippen LogP contribution in [0.3, 0.4) is 0 Å². The molecule has 1 aliphatic rings. The second-order valence-electron chi connectivity index (χ2n) is 4.36. The largest absolute Gasteiger partial charge is 0.478 e. The van der Waals surface area contributed by atoms with E-state index in [0.717, 1.165) is 18.9 Å². The maximum Gasteiger partial charge on any atom is 0.328 e. The number of hydrogen-bond donors (Lipinski definition) is 4. The topological polar surface area (TPSA) is 125 Å². The molecule has 1 rings (SSSR count). The van der Waals surface area contributed by atoms with Crippen molar-refractivity contribution in [2.45, 2.75) is 31.7 Å². The summed E-state index contributed by atoms with van der Waals surface area (Å²) in [5.41, 5.74) is 0. The average Bonchev–Trinajstić information content (AvgIpc) is 3.16. The van der Waals surface area contributed by atoms with Crippen LogP contribution >= 0.6 is 0 Å². The summed E-state index contributed by atoms with van der Waals surface area (Å²) in [5.74, 6) is -2.14. The van der Waals surface area contributed by atoms with Gasteiger partial charge in [-0.3, -0.25) is 14.9 Å². The summed E-state index contributed by atoms with van der Waals surface area (Å²) in [6.45, 7) is 0.250. The normalized spacial score (nSPS) is 13.8. The smallest absolute Gasteiger partial charge is 0.328 e. The number of hydrogen-bond acceptors (Lipinski definition) is 4. The molecule has 0 atom stereocenters. The lowest BCUT2D eigenvalue weighted by Crippen LogP contribution is -2.39. The van der Waals surface area contributed by atoms with E-state index in [0.29, 0.717) is 25.0 Å². The zero-order chi connectivity index (χ0) is 15.0. The van der Waals surface area contributed by atoms with Gasteiger partial charge in [0.05, 0.1) is 0 Å². The Morgan fingerprint density at radius 2 is 1.85 bits per heavy atom. The Kier molecular flexibility index (Phi) is 6.21. The molecule has 20 heavy (non-hydrogen) atoms. The van der Waals surface area contributed by atoms with E-state index in [-0.39, 0.29) is 12.5 Å². The number of carbonyl (C=O) groups excluding carboxylic acids is 3. The Balaban J connectivity index is 2.05. The monoisotopic (exact) mass is 283 g/mol. The molecule has 4 N–H and O–H groups in total. The van der Waals surface area contributed by atoms with Crippen LogP contribution in [0.15, 0.2) is 12.2 Å². The molecular formula is C12H17N3O5. The van der Waals surface area contributed by atoms with Crippen LogP contribution in [-0.4, -0.2) is 41.5 Å². The minimum absolute atomic E-state index is 0.0461. The van der Waals surface area contributed by atoms with E-state index in [9.17, 15) is 19.2 Å². The van der Waals surface area contributed by atoms with Gasteiger partial charge in [0, 0.05) is 31.2 Å². The van der Waals surface area contributed by atoms with Crippen molar-refractivity contribution < 1.29 is 24.3 Å². The lowest BCUT2D eigenvalue weighted by molar-refractivity contribution is -0.131. The molecule has 0 unspecified atom stereocenters. The predicted octanol–water partition coefficient (Wildman–Crippen LogP) is -0.488. The van der Waals surface area contributed by atoms with Gasteiger partial charge in [0.25, 0.3) is 5.91 Å². The number of carboxylic acid groups (broad SMARTS) is 1. The molecule has 0 aromatic carbocycles. The van der Waals surface area contributed by atoms with Crippen molar-refractivity contribution >= 4 is 23.8 Å². The molecule has 0 heterocycles. The van der Waals surface area contributed by atoms with E-state index in [1.54, 1.807) is 0 Å². The van der Waals surface area contributed by atoms with E-state index in [4.69, 9.17) is 5.11 Å². The van der Waals surface area contributed by atoms with Gasteiger partial charge in [-0.2, -0.15) is 0 Å². The maximum atomic E-state index is 11.3. The molecule has 1 saturated carbocycles. The van der Waals surface area contributed by atoms with Gasteiger partial charge in [0.15, 0.2) is 0 Å². The molecule has 8 heteroatoms. The first-order chi connectivity index (χ1) is 9.47. The van der Waals surface area contributed by atoms with Gasteiger partial charge in [-0.25, -0.2) is 9.59 Å². The maximum absolute atomic E-state index is 11.3. The minimum Gasteiger partial charge on any atom is -0.478 e. The van der Waals surface area contributed by atoms with Crippen LogP contribution in [0, 0.1) is 0 Å². The standard InChI is InChI=1S/C12H17N3O5/c16-9(14-8-3-4-8)2-1-7-13-12(20)15-10(17)5-6-11(18)19/h5-6,8H,1-4,7H2,(H,14,16)(H,18,19)(H2,13,15,17,20). The fraction of sp³-hybridized carbons (Fsp3) is 0.500. The molecule has 0 aliphatic heterocycles. The number of carboxylic acids is 1. The molecule has 0 radical (unpaired) electrons. The molecule has 4 amide bonds. The van der Waals surface area contributed by atoms with Gasteiger partial charge in [0.1, 0.15) is 0 Å². The molecule has 110 valence electrons. The van der Waals surface area contributed by atoms with Crippen molar-refractivity contribution in [1.29, 1.82) is 0 Å². The highest BCUT2D eigenvalue weighted by molar-refractivity contribution is 6.02. The van der Waals surface area contributed by atoms with Crippen molar-refractivity contribution in [1.82, 2.24) is 16.0 Å². The lowest BCUT2D eigenvalue weighted by atomic mass is 10.3. The summed E-state index contributed by atoms with van der Waals surface area (Å²) in [6, 6.07) is -0.412. The number of aliphatic carboxylic acids is 1. The van der Waals surface area contributed by atoms with Crippen LogP contribution in [0.2, 0.25) is 0 Å². The summed E-state index contributed by atoms with van der Waals surface area (Å²) in [6.07, 6.45) is 4.20. The van der Waals surface area contributed by atoms with Gasteiger partial charge >= 0.3 is 12.0 Å². The summed E-state index contributed by atoms with van der Waals surface area (Å²) < 4.78 is 0. The third kappa shape index (κ3) is 7.85. The molecule has 0 spiro atoms. The third-order valence-electron chi connectivity index (χ3n) is 2.42. The van der Waals surface area contributed by atoms with Crippen molar-refractivity contribution in [2.24, 2.45) is 0 Å². The van der Waals surface area contributed by atoms with Crippen molar-refractivity contribution in [3.8, 4) is 0 Å². The van der Waals surface area contributed by atoms with Crippen LogP contribution in [0.5, 0.6) is 0 Å². The highest BCUT2D eigenvalue weighted by atomic mass is 16.4. The third-order valence-corrected chi connectivity index (χ3v) is 2.42. The molecule has 0 bridgehead atoms. The van der Waals surface area contributed by atoms with Crippen LogP contribution in [0.4, 0.5) is 4.79 Å². The first-order valence-electron chi connectivity index (χ1n) is 6.26. The highest BCUT2D eigenvalue weighted by Gasteiger charge is 2.22. The predicted molar refractivity (Wildman–Crippen MR) is 68.7 cm³/mol. The minimum atomic E-state index is -1.28. The Morgan fingerprint density at radius 3 is 2.45 bits per heavy atom. The summed E-state index contributed by atoms with van der Waals surface area (Å²) >= 11 is 0. The van der Waals surface area contributed by atoms with E-state index in [2.05, 4.69) is 10.6 Å². The average molecular weight is 283 g/mol. The highest BCUT2D eigenvalue weighted by Crippen LogP contribution is 2.18. The molecule has 0 saturated heterocycles. The summed E-state index contributed by atoms with van der Waals surface area (Å²) in [4.78, 5) is 43.7. The van der Waals surface area contributed by atoms with Gasteiger partial charge < -0.3 is 15.7 Å². The number of imide groups is 1. The van der Waals surface area contributed by atoms with Crippen LogP contribution in [-0.2, 0) is 14.4 Å². The van der Waals surface area contributed by atoms with Crippen molar-refractivity contribution in [2.75, 3.05) is 6.54 Å².